The van der Waals surface area contributed by atoms with Crippen molar-refractivity contribution < 1.29 is 14.3 Å². The van der Waals surface area contributed by atoms with E-state index in [1.807, 2.05) is 0 Å². The molecule has 5 heteroatoms. The summed E-state index contributed by atoms with van der Waals surface area (Å²) < 4.78 is 12.8. The number of nitrogens with zero attached hydrogens (tertiary/aromatic N) is 1. The lowest BCUT2D eigenvalue weighted by Gasteiger charge is -2.37. The number of carbonyl (C=O) groups is 1. The molecule has 1 heterocycles. The minimum atomic E-state index is -0.990. The second-order valence-corrected chi connectivity index (χ2v) is 4.60. The second kappa shape index (κ2) is 4.63. The van der Waals surface area contributed by atoms with Crippen LogP contribution < -0.4 is 0 Å². The molecule has 2 rings (SSSR count). The van der Waals surface area contributed by atoms with E-state index in [0.29, 0.717) is 31.5 Å². The summed E-state index contributed by atoms with van der Waals surface area (Å²) in [5.74, 6) is -0.328. The van der Waals surface area contributed by atoms with Gasteiger partial charge in [-0.3, -0.25) is 4.79 Å². The highest BCUT2D eigenvalue weighted by Crippen LogP contribution is 2.33. The molecule has 17 heavy (non-hydrogen) atoms. The normalized spacial score (nSPS) is 19.1. The van der Waals surface area contributed by atoms with Crippen LogP contribution in [0.5, 0.6) is 0 Å². The molecule has 0 spiro atoms. The number of piperidine rings is 1. The summed E-state index contributed by atoms with van der Waals surface area (Å²) in [4.78, 5) is 12.4. The summed E-state index contributed by atoms with van der Waals surface area (Å²) in [6.45, 7) is 0.826. The van der Waals surface area contributed by atoms with Crippen molar-refractivity contribution in [3.63, 3.8) is 0 Å². The third-order valence-electron chi connectivity index (χ3n) is 3.22. The van der Waals surface area contributed by atoms with Crippen molar-refractivity contribution >= 4 is 17.0 Å². The Kier molecular flexibility index (Phi) is 3.35. The first-order valence-corrected chi connectivity index (χ1v) is 5.82. The first-order chi connectivity index (χ1) is 8.01. The van der Waals surface area contributed by atoms with Crippen LogP contribution in [0.4, 0.5) is 9.18 Å². The zero-order chi connectivity index (χ0) is 12.5. The molecule has 0 radical (unpaired) electrons. The molecule has 0 unspecified atom stereocenters. The van der Waals surface area contributed by atoms with E-state index in [0.717, 1.165) is 0 Å². The molecule has 0 atom stereocenters. The van der Waals surface area contributed by atoms with Crippen LogP contribution in [0.25, 0.3) is 0 Å². The number of amides is 1. The van der Waals surface area contributed by atoms with E-state index in [-0.39, 0.29) is 5.82 Å². The fourth-order valence-electron chi connectivity index (χ4n) is 2.10. The Labute approximate surface area is 104 Å². The van der Waals surface area contributed by atoms with Crippen molar-refractivity contribution in [2.75, 3.05) is 13.1 Å². The van der Waals surface area contributed by atoms with Crippen LogP contribution in [0.3, 0.4) is 0 Å². The van der Waals surface area contributed by atoms with E-state index in [4.69, 9.17) is 11.6 Å². The van der Waals surface area contributed by atoms with Gasteiger partial charge >= 0.3 is 5.37 Å². The SMILES string of the molecule is O=C(Cl)N1CCC(O)(c2ccc(F)cc2)CC1. The maximum Gasteiger partial charge on any atom is 0.316 e. The summed E-state index contributed by atoms with van der Waals surface area (Å²) >= 11 is 5.37. The standard InChI is InChI=1S/C12H13ClFNO2/c13-11(16)15-7-5-12(17,6-8-15)9-1-3-10(14)4-2-9/h1-4,17H,5-8H2. The number of benzene rings is 1. The number of carbonyl (C=O) groups excluding carboxylic acids is 1. The topological polar surface area (TPSA) is 40.5 Å². The lowest BCUT2D eigenvalue weighted by Crippen LogP contribution is -2.43. The Morgan fingerprint density at radius 1 is 1.29 bits per heavy atom. The van der Waals surface area contributed by atoms with E-state index in [1.165, 1.54) is 17.0 Å². The molecule has 1 fully saturated rings. The zero-order valence-electron chi connectivity index (χ0n) is 9.20. The van der Waals surface area contributed by atoms with Gasteiger partial charge in [-0.25, -0.2) is 4.39 Å². The van der Waals surface area contributed by atoms with Crippen molar-refractivity contribution in [2.45, 2.75) is 18.4 Å². The molecule has 0 aliphatic carbocycles. The highest BCUT2D eigenvalue weighted by molar-refractivity contribution is 6.62. The van der Waals surface area contributed by atoms with E-state index >= 15 is 0 Å². The van der Waals surface area contributed by atoms with Crippen molar-refractivity contribution in [2.24, 2.45) is 0 Å². The summed E-state index contributed by atoms with van der Waals surface area (Å²) in [7, 11) is 0. The number of aliphatic hydroxyl groups is 1. The predicted octanol–water partition coefficient (Wildman–Crippen LogP) is 2.47. The van der Waals surface area contributed by atoms with Crippen LogP contribution in [0.15, 0.2) is 24.3 Å². The highest BCUT2D eigenvalue weighted by atomic mass is 35.5. The molecular weight excluding hydrogens is 245 g/mol. The lowest BCUT2D eigenvalue weighted by molar-refractivity contribution is -0.0148. The van der Waals surface area contributed by atoms with Gasteiger partial charge in [0.1, 0.15) is 5.82 Å². The average molecular weight is 258 g/mol. The molecule has 0 bridgehead atoms. The van der Waals surface area contributed by atoms with Gasteiger partial charge in [-0.1, -0.05) is 12.1 Å². The van der Waals surface area contributed by atoms with Crippen molar-refractivity contribution in [1.29, 1.82) is 0 Å². The van der Waals surface area contributed by atoms with E-state index in [9.17, 15) is 14.3 Å². The Hall–Kier alpha value is -1.13. The summed E-state index contributed by atoms with van der Waals surface area (Å²) in [5.41, 5.74) is -0.308. The Balaban J connectivity index is 2.11. The van der Waals surface area contributed by atoms with Crippen molar-refractivity contribution in [3.8, 4) is 0 Å². The molecule has 1 N–H and O–H groups in total. The maximum absolute atomic E-state index is 12.8. The minimum absolute atomic E-state index is 0.328. The van der Waals surface area contributed by atoms with Gasteiger partial charge in [0.2, 0.25) is 0 Å². The predicted molar refractivity (Wildman–Crippen MR) is 62.4 cm³/mol. The van der Waals surface area contributed by atoms with Gasteiger partial charge in [0, 0.05) is 13.1 Å². The second-order valence-electron chi connectivity index (χ2n) is 4.28. The molecule has 0 saturated carbocycles. The van der Waals surface area contributed by atoms with Crippen LogP contribution in [-0.4, -0.2) is 28.5 Å². The molecule has 92 valence electrons. The molecule has 1 aromatic rings. The van der Waals surface area contributed by atoms with Crippen molar-refractivity contribution in [3.05, 3.63) is 35.6 Å². The smallest absolute Gasteiger partial charge is 0.316 e. The molecule has 1 aromatic carbocycles. The van der Waals surface area contributed by atoms with Gasteiger partial charge < -0.3 is 10.0 Å². The van der Waals surface area contributed by atoms with Crippen LogP contribution in [0.1, 0.15) is 18.4 Å². The quantitative estimate of drug-likeness (QED) is 0.620. The van der Waals surface area contributed by atoms with E-state index < -0.39 is 11.0 Å². The lowest BCUT2D eigenvalue weighted by atomic mass is 9.84. The number of likely N-dealkylation sites (tertiary alicyclic amines) is 1. The van der Waals surface area contributed by atoms with Crippen LogP contribution in [0, 0.1) is 5.82 Å². The number of halogens is 2. The Morgan fingerprint density at radius 3 is 2.29 bits per heavy atom. The number of hydrogen-bond acceptors (Lipinski definition) is 2. The highest BCUT2D eigenvalue weighted by Gasteiger charge is 2.34. The first-order valence-electron chi connectivity index (χ1n) is 5.44. The average Bonchev–Trinajstić information content (AvgIpc) is 2.30. The van der Waals surface area contributed by atoms with Crippen LogP contribution in [-0.2, 0) is 5.60 Å². The zero-order valence-corrected chi connectivity index (χ0v) is 9.95. The molecule has 1 aliphatic heterocycles. The summed E-state index contributed by atoms with van der Waals surface area (Å²) in [6.07, 6.45) is 0.828. The van der Waals surface area contributed by atoms with Crippen LogP contribution >= 0.6 is 11.6 Å². The minimum Gasteiger partial charge on any atom is -0.385 e. The molecule has 0 aromatic heterocycles. The largest absolute Gasteiger partial charge is 0.385 e. The number of hydrogen-bond donors (Lipinski definition) is 1. The molecule has 1 aliphatic rings. The third kappa shape index (κ3) is 2.58. The van der Waals surface area contributed by atoms with E-state index in [2.05, 4.69) is 0 Å². The maximum atomic E-state index is 12.8. The molecule has 1 saturated heterocycles. The van der Waals surface area contributed by atoms with Gasteiger partial charge in [0.25, 0.3) is 0 Å². The van der Waals surface area contributed by atoms with Gasteiger partial charge in [-0.05, 0) is 42.1 Å². The molecule has 3 nitrogen and oxygen atoms in total. The monoisotopic (exact) mass is 257 g/mol. The Bertz CT molecular complexity index is 413. The fraction of sp³-hybridized carbons (Fsp3) is 0.417. The third-order valence-corrected chi connectivity index (χ3v) is 3.46. The first kappa shape index (κ1) is 12.3. The van der Waals surface area contributed by atoms with Gasteiger partial charge in [-0.15, -0.1) is 0 Å². The summed E-state index contributed by atoms with van der Waals surface area (Å²) in [5, 5.41) is 9.94. The number of rotatable bonds is 1. The molecule has 1 amide bonds. The van der Waals surface area contributed by atoms with E-state index in [1.54, 1.807) is 12.1 Å². The van der Waals surface area contributed by atoms with Gasteiger partial charge in [0.05, 0.1) is 5.60 Å². The molecular formula is C12H13ClFNO2. The van der Waals surface area contributed by atoms with Crippen molar-refractivity contribution in [1.82, 2.24) is 4.90 Å². The fourth-order valence-corrected chi connectivity index (χ4v) is 2.27. The Morgan fingerprint density at radius 2 is 1.82 bits per heavy atom. The van der Waals surface area contributed by atoms with Crippen LogP contribution in [0.2, 0.25) is 0 Å². The van der Waals surface area contributed by atoms with Gasteiger partial charge in [-0.2, -0.15) is 0 Å². The summed E-state index contributed by atoms with van der Waals surface area (Å²) in [6, 6.07) is 5.81. The van der Waals surface area contributed by atoms with Gasteiger partial charge in [0.15, 0.2) is 0 Å².